The van der Waals surface area contributed by atoms with Crippen LogP contribution in [0.3, 0.4) is 0 Å². The van der Waals surface area contributed by atoms with Crippen molar-refractivity contribution in [1.82, 2.24) is 15.2 Å². The molecule has 3 rings (SSSR count). The Labute approximate surface area is 149 Å². The lowest BCUT2D eigenvalue weighted by molar-refractivity contribution is -0.193. The van der Waals surface area contributed by atoms with Gasteiger partial charge in [-0.3, -0.25) is 14.7 Å². The number of nitrogens with zero attached hydrogens (tertiary/aromatic N) is 2. The average Bonchev–Trinajstić information content (AvgIpc) is 2.55. The number of rotatable bonds is 3. The van der Waals surface area contributed by atoms with Crippen molar-refractivity contribution in [3.8, 4) is 0 Å². The maximum atomic E-state index is 11.5. The van der Waals surface area contributed by atoms with Crippen LogP contribution in [0.15, 0.2) is 18.3 Å². The fraction of sp³-hybridized carbons (Fsp3) is 0.684. The van der Waals surface area contributed by atoms with E-state index in [1.54, 1.807) is 6.92 Å². The Kier molecular flexibility index (Phi) is 5.14. The van der Waals surface area contributed by atoms with E-state index in [4.69, 9.17) is 4.74 Å². The van der Waals surface area contributed by atoms with E-state index >= 15 is 0 Å². The van der Waals surface area contributed by atoms with E-state index in [0.29, 0.717) is 6.42 Å². The minimum atomic E-state index is -1.01. The van der Waals surface area contributed by atoms with Crippen LogP contribution in [-0.2, 0) is 16.1 Å². The molecule has 0 unspecified atom stereocenters. The number of aromatic nitrogens is 1. The quantitative estimate of drug-likeness (QED) is 0.865. The second-order valence-electron chi connectivity index (χ2n) is 7.83. The third-order valence-electron chi connectivity index (χ3n) is 5.63. The molecule has 138 valence electrons. The summed E-state index contributed by atoms with van der Waals surface area (Å²) < 4.78 is 6.11. The first-order chi connectivity index (χ1) is 11.8. The Morgan fingerprint density at radius 2 is 2.20 bits per heavy atom. The number of nitrogens with one attached hydrogen (secondary N) is 1. The van der Waals surface area contributed by atoms with Crippen LogP contribution in [0, 0.1) is 6.92 Å². The first-order valence-corrected chi connectivity index (χ1v) is 9.06. The standard InChI is InChI=1S/C19H29N3O3/c1-14-5-4-8-20-16(14)12-22-9-6-19(7-10-22)11-17(21-15(2)23)18(3,24)13-25-19/h4-5,8,17,24H,6-7,9-13H2,1-3H3,(H,21,23)/t17-,18-/m0/s1. The van der Waals surface area contributed by atoms with Crippen molar-refractivity contribution >= 4 is 5.91 Å². The maximum Gasteiger partial charge on any atom is 0.217 e. The van der Waals surface area contributed by atoms with Crippen LogP contribution in [0.2, 0.25) is 0 Å². The van der Waals surface area contributed by atoms with Crippen LogP contribution >= 0.6 is 0 Å². The number of aryl methyl sites for hydroxylation is 1. The number of hydrogen-bond donors (Lipinski definition) is 2. The number of pyridine rings is 1. The molecule has 1 aromatic rings. The summed E-state index contributed by atoms with van der Waals surface area (Å²) in [6, 6.07) is 3.80. The monoisotopic (exact) mass is 347 g/mol. The number of carbonyl (C=O) groups is 1. The van der Waals surface area contributed by atoms with Crippen molar-refractivity contribution in [3.05, 3.63) is 29.6 Å². The van der Waals surface area contributed by atoms with E-state index in [-0.39, 0.29) is 24.2 Å². The second-order valence-corrected chi connectivity index (χ2v) is 7.83. The molecule has 6 nitrogen and oxygen atoms in total. The third-order valence-corrected chi connectivity index (χ3v) is 5.63. The summed E-state index contributed by atoms with van der Waals surface area (Å²) in [6.07, 6.45) is 4.32. The highest BCUT2D eigenvalue weighted by Crippen LogP contribution is 2.38. The summed E-state index contributed by atoms with van der Waals surface area (Å²) in [5, 5.41) is 13.4. The summed E-state index contributed by atoms with van der Waals surface area (Å²) in [7, 11) is 0. The van der Waals surface area contributed by atoms with Crippen molar-refractivity contribution in [1.29, 1.82) is 0 Å². The Morgan fingerprint density at radius 3 is 2.84 bits per heavy atom. The Hall–Kier alpha value is -1.50. The van der Waals surface area contributed by atoms with Crippen molar-refractivity contribution < 1.29 is 14.6 Å². The highest BCUT2D eigenvalue weighted by Gasteiger charge is 2.48. The maximum absolute atomic E-state index is 11.5. The van der Waals surface area contributed by atoms with E-state index < -0.39 is 5.60 Å². The van der Waals surface area contributed by atoms with Crippen molar-refractivity contribution in [2.24, 2.45) is 0 Å². The van der Waals surface area contributed by atoms with E-state index in [2.05, 4.69) is 28.2 Å². The smallest absolute Gasteiger partial charge is 0.217 e. The van der Waals surface area contributed by atoms with Crippen LogP contribution in [-0.4, -0.2) is 57.8 Å². The molecule has 0 radical (unpaired) electrons. The van der Waals surface area contributed by atoms with Gasteiger partial charge in [-0.25, -0.2) is 0 Å². The van der Waals surface area contributed by atoms with E-state index in [1.165, 1.54) is 12.5 Å². The van der Waals surface area contributed by atoms with Gasteiger partial charge < -0.3 is 15.2 Å². The van der Waals surface area contributed by atoms with Crippen LogP contribution in [0.4, 0.5) is 0 Å². The topological polar surface area (TPSA) is 74.7 Å². The lowest BCUT2D eigenvalue weighted by Gasteiger charge is -2.50. The lowest BCUT2D eigenvalue weighted by atomic mass is 9.77. The van der Waals surface area contributed by atoms with Gasteiger partial charge in [0.15, 0.2) is 0 Å². The largest absolute Gasteiger partial charge is 0.386 e. The van der Waals surface area contributed by atoms with Crippen LogP contribution in [0.25, 0.3) is 0 Å². The minimum absolute atomic E-state index is 0.106. The molecule has 0 bridgehead atoms. The molecule has 0 aliphatic carbocycles. The second kappa shape index (κ2) is 7.02. The van der Waals surface area contributed by atoms with Crippen LogP contribution in [0.5, 0.6) is 0 Å². The van der Waals surface area contributed by atoms with E-state index in [9.17, 15) is 9.90 Å². The highest BCUT2D eigenvalue weighted by atomic mass is 16.5. The summed E-state index contributed by atoms with van der Waals surface area (Å²) in [5.74, 6) is -0.106. The van der Waals surface area contributed by atoms with Crippen molar-refractivity contribution in [3.63, 3.8) is 0 Å². The van der Waals surface area contributed by atoms with E-state index in [0.717, 1.165) is 38.2 Å². The molecular weight excluding hydrogens is 318 g/mol. The Morgan fingerprint density at radius 1 is 1.48 bits per heavy atom. The molecule has 2 fully saturated rings. The summed E-state index contributed by atoms with van der Waals surface area (Å²) in [5.41, 5.74) is 1.09. The van der Waals surface area contributed by atoms with Gasteiger partial charge in [-0.05, 0) is 44.7 Å². The number of piperidine rings is 1. The zero-order chi connectivity index (χ0) is 18.1. The molecular formula is C19H29N3O3. The molecule has 2 aliphatic heterocycles. The fourth-order valence-corrected chi connectivity index (χ4v) is 3.87. The molecule has 1 spiro atoms. The lowest BCUT2D eigenvalue weighted by Crippen LogP contribution is -2.63. The molecule has 0 aromatic carbocycles. The van der Waals surface area contributed by atoms with Gasteiger partial charge in [0.1, 0.15) is 5.60 Å². The third kappa shape index (κ3) is 4.19. The summed E-state index contributed by atoms with van der Waals surface area (Å²) in [4.78, 5) is 18.4. The van der Waals surface area contributed by atoms with Crippen molar-refractivity contribution in [2.45, 2.75) is 63.8 Å². The Balaban J connectivity index is 1.61. The average molecular weight is 347 g/mol. The summed E-state index contributed by atoms with van der Waals surface area (Å²) >= 11 is 0. The number of likely N-dealkylation sites (tertiary alicyclic amines) is 1. The predicted octanol–water partition coefficient (Wildman–Crippen LogP) is 1.40. The van der Waals surface area contributed by atoms with Crippen LogP contribution < -0.4 is 5.32 Å². The molecule has 1 amide bonds. The molecule has 0 saturated carbocycles. The van der Waals surface area contributed by atoms with Gasteiger partial charge in [-0.2, -0.15) is 0 Å². The van der Waals surface area contributed by atoms with Gasteiger partial charge in [0.05, 0.1) is 23.9 Å². The van der Waals surface area contributed by atoms with Crippen LogP contribution in [0.1, 0.15) is 44.4 Å². The highest BCUT2D eigenvalue weighted by molar-refractivity contribution is 5.73. The summed E-state index contributed by atoms with van der Waals surface area (Å²) in [6.45, 7) is 8.32. The minimum Gasteiger partial charge on any atom is -0.386 e. The fourth-order valence-electron chi connectivity index (χ4n) is 3.87. The van der Waals surface area contributed by atoms with Gasteiger partial charge >= 0.3 is 0 Å². The SMILES string of the molecule is CC(=O)N[C@H]1CC2(CCN(Cc3ncccc3C)CC2)OC[C@]1(C)O. The number of amides is 1. The number of hydrogen-bond acceptors (Lipinski definition) is 5. The Bertz CT molecular complexity index is 624. The molecule has 3 heterocycles. The molecule has 6 heteroatoms. The van der Waals surface area contributed by atoms with Gasteiger partial charge in [0, 0.05) is 32.8 Å². The molecule has 2 aliphatic rings. The predicted molar refractivity (Wildman–Crippen MR) is 95.0 cm³/mol. The zero-order valence-corrected chi connectivity index (χ0v) is 15.4. The molecule has 1 aromatic heterocycles. The zero-order valence-electron chi connectivity index (χ0n) is 15.4. The van der Waals surface area contributed by atoms with Gasteiger partial charge in [-0.1, -0.05) is 6.07 Å². The molecule has 25 heavy (non-hydrogen) atoms. The van der Waals surface area contributed by atoms with Gasteiger partial charge in [0.2, 0.25) is 5.91 Å². The normalized spacial score (nSPS) is 29.5. The first-order valence-electron chi connectivity index (χ1n) is 9.06. The van der Waals surface area contributed by atoms with Crippen molar-refractivity contribution in [2.75, 3.05) is 19.7 Å². The number of ether oxygens (including phenoxy) is 1. The van der Waals surface area contributed by atoms with E-state index in [1.807, 2.05) is 12.3 Å². The van der Waals surface area contributed by atoms with Gasteiger partial charge in [-0.15, -0.1) is 0 Å². The number of carbonyl (C=O) groups excluding carboxylic acids is 1. The molecule has 2 N–H and O–H groups in total. The molecule has 2 saturated heterocycles. The number of aliphatic hydroxyl groups is 1. The first kappa shape index (κ1) is 18.3. The molecule has 2 atom stereocenters. The van der Waals surface area contributed by atoms with Gasteiger partial charge in [0.25, 0.3) is 0 Å².